The quantitative estimate of drug-likeness (QED) is 0.470. The van der Waals surface area contributed by atoms with E-state index < -0.39 is 11.0 Å². The predicted molar refractivity (Wildman–Crippen MR) is 60.7 cm³/mol. The van der Waals surface area contributed by atoms with Crippen LogP contribution in [0.25, 0.3) is 0 Å². The van der Waals surface area contributed by atoms with Crippen molar-refractivity contribution in [2.75, 3.05) is 0 Å². The van der Waals surface area contributed by atoms with Crippen molar-refractivity contribution >= 4 is 29.3 Å². The van der Waals surface area contributed by atoms with E-state index in [0.717, 1.165) is 0 Å². The van der Waals surface area contributed by atoms with E-state index in [1.807, 2.05) is 12.3 Å². The third-order valence-corrected chi connectivity index (χ3v) is 2.89. The van der Waals surface area contributed by atoms with Crippen molar-refractivity contribution in [2.24, 2.45) is 10.8 Å². The summed E-state index contributed by atoms with van der Waals surface area (Å²) in [5.41, 5.74) is 6.89. The number of nitrogens with two attached hydrogens (primary N) is 1. The molecule has 0 aromatic carbocycles. The number of rotatable bonds is 4. The van der Waals surface area contributed by atoms with Crippen LogP contribution >= 0.6 is 11.3 Å². The van der Waals surface area contributed by atoms with E-state index in [0.29, 0.717) is 16.2 Å². The number of hydrogen-bond acceptors (Lipinski definition) is 5. The Morgan fingerprint density at radius 3 is 2.94 bits per heavy atom. The first kappa shape index (κ1) is 12.1. The number of nitro groups is 1. The molecule has 86 valence electrons. The fourth-order valence-corrected chi connectivity index (χ4v) is 2.01. The van der Waals surface area contributed by atoms with Gasteiger partial charge in [-0.2, -0.15) is 5.10 Å². The number of nitrogens with one attached hydrogen (secondary N) is 1. The van der Waals surface area contributed by atoms with Crippen molar-refractivity contribution in [1.82, 2.24) is 5.43 Å². The number of amides is 2. The number of aryl methyl sites for hydroxylation is 1. The van der Waals surface area contributed by atoms with E-state index in [1.165, 1.54) is 23.6 Å². The zero-order chi connectivity index (χ0) is 12.1. The molecule has 0 spiro atoms. The van der Waals surface area contributed by atoms with Crippen LogP contribution in [0.5, 0.6) is 0 Å². The minimum Gasteiger partial charge on any atom is -0.350 e. The van der Waals surface area contributed by atoms with E-state index >= 15 is 0 Å². The van der Waals surface area contributed by atoms with Crippen LogP contribution in [0.3, 0.4) is 0 Å². The zero-order valence-corrected chi connectivity index (χ0v) is 9.28. The van der Waals surface area contributed by atoms with Crippen molar-refractivity contribution in [3.8, 4) is 0 Å². The Kier molecular flexibility index (Phi) is 3.95. The molecule has 2 amide bonds. The monoisotopic (exact) mass is 242 g/mol. The lowest BCUT2D eigenvalue weighted by atomic mass is 10.3. The van der Waals surface area contributed by atoms with Crippen molar-refractivity contribution in [3.63, 3.8) is 0 Å². The number of urea groups is 1. The van der Waals surface area contributed by atoms with E-state index in [-0.39, 0.29) is 5.69 Å². The van der Waals surface area contributed by atoms with Crippen LogP contribution in [-0.4, -0.2) is 17.2 Å². The molecule has 16 heavy (non-hydrogen) atoms. The number of hydrazone groups is 1. The van der Waals surface area contributed by atoms with Crippen molar-refractivity contribution in [2.45, 2.75) is 13.3 Å². The van der Waals surface area contributed by atoms with E-state index in [2.05, 4.69) is 5.10 Å². The molecule has 8 heteroatoms. The Morgan fingerprint density at radius 1 is 1.81 bits per heavy atom. The van der Waals surface area contributed by atoms with Gasteiger partial charge in [0.2, 0.25) is 0 Å². The van der Waals surface area contributed by atoms with Gasteiger partial charge in [-0.25, -0.2) is 10.2 Å². The molecule has 0 radical (unpaired) electrons. The highest BCUT2D eigenvalue weighted by molar-refractivity contribution is 7.14. The molecule has 7 nitrogen and oxygen atoms in total. The van der Waals surface area contributed by atoms with Gasteiger partial charge < -0.3 is 5.73 Å². The second-order valence-corrected chi connectivity index (χ2v) is 3.97. The summed E-state index contributed by atoms with van der Waals surface area (Å²) >= 11 is 1.26. The van der Waals surface area contributed by atoms with Gasteiger partial charge >= 0.3 is 6.03 Å². The number of thiophene rings is 1. The molecule has 0 fully saturated rings. The molecule has 0 aliphatic carbocycles. The number of primary amides is 1. The number of hydrogen-bond donors (Lipinski definition) is 2. The lowest BCUT2D eigenvalue weighted by Gasteiger charge is -1.88. The zero-order valence-electron chi connectivity index (χ0n) is 8.47. The summed E-state index contributed by atoms with van der Waals surface area (Å²) in [6, 6.07) is 0.633. The molecule has 1 rings (SSSR count). The third kappa shape index (κ3) is 3.02. The van der Waals surface area contributed by atoms with Gasteiger partial charge in [-0.05, 0) is 6.42 Å². The third-order valence-electron chi connectivity index (χ3n) is 1.69. The fraction of sp³-hybridized carbons (Fsp3) is 0.250. The lowest BCUT2D eigenvalue weighted by Crippen LogP contribution is -2.24. The number of carbonyl (C=O) groups excluding carboxylic acids is 1. The summed E-state index contributed by atoms with van der Waals surface area (Å²) < 4.78 is 0. The van der Waals surface area contributed by atoms with Gasteiger partial charge in [0.15, 0.2) is 0 Å². The van der Waals surface area contributed by atoms with Crippen LogP contribution in [0.15, 0.2) is 11.2 Å². The van der Waals surface area contributed by atoms with Crippen LogP contribution in [-0.2, 0) is 6.42 Å². The van der Waals surface area contributed by atoms with Gasteiger partial charge in [0.25, 0.3) is 5.69 Å². The van der Waals surface area contributed by atoms with Crippen LogP contribution in [0.1, 0.15) is 16.7 Å². The van der Waals surface area contributed by atoms with Gasteiger partial charge in [-0.1, -0.05) is 6.92 Å². The Balaban J connectivity index is 2.86. The SMILES string of the molecule is CCc1sc(/C=N\NC(N)=O)cc1[N+](=O)[O-]. The average Bonchev–Trinajstić information content (AvgIpc) is 2.60. The Bertz CT molecular complexity index is 440. The first-order valence-corrected chi connectivity index (χ1v) is 5.21. The Hall–Kier alpha value is -1.96. The second-order valence-electron chi connectivity index (χ2n) is 2.80. The van der Waals surface area contributed by atoms with Crippen molar-refractivity contribution < 1.29 is 9.72 Å². The second kappa shape index (κ2) is 5.21. The maximum Gasteiger partial charge on any atom is 0.332 e. The summed E-state index contributed by atoms with van der Waals surface area (Å²) in [7, 11) is 0. The molecule has 1 heterocycles. The molecular formula is C8H10N4O3S. The molecule has 0 bridgehead atoms. The normalized spacial score (nSPS) is 10.6. The van der Waals surface area contributed by atoms with Crippen LogP contribution < -0.4 is 11.2 Å². The minimum absolute atomic E-state index is 0.0769. The van der Waals surface area contributed by atoms with Gasteiger partial charge in [-0.3, -0.25) is 10.1 Å². The molecule has 0 aliphatic heterocycles. The summed E-state index contributed by atoms with van der Waals surface area (Å²) in [6.45, 7) is 1.83. The standard InChI is InChI=1S/C8H10N4O3S/c1-2-7-6(12(14)15)3-5(16-7)4-10-11-8(9)13/h3-4H,2H2,1H3,(H3,9,11,13)/b10-4-. The predicted octanol–water partition coefficient (Wildman–Crippen LogP) is 1.22. The minimum atomic E-state index is -0.780. The van der Waals surface area contributed by atoms with Gasteiger partial charge in [-0.15, -0.1) is 11.3 Å². The molecule has 1 aromatic rings. The van der Waals surface area contributed by atoms with E-state index in [9.17, 15) is 14.9 Å². The topological polar surface area (TPSA) is 111 Å². The molecule has 0 saturated heterocycles. The van der Waals surface area contributed by atoms with E-state index in [4.69, 9.17) is 5.73 Å². The van der Waals surface area contributed by atoms with Gasteiger partial charge in [0.1, 0.15) is 0 Å². The molecule has 0 atom stereocenters. The molecule has 3 N–H and O–H groups in total. The Morgan fingerprint density at radius 2 is 2.50 bits per heavy atom. The van der Waals surface area contributed by atoms with E-state index in [1.54, 1.807) is 0 Å². The van der Waals surface area contributed by atoms with Crippen LogP contribution in [0.2, 0.25) is 0 Å². The van der Waals surface area contributed by atoms with Gasteiger partial charge in [0, 0.05) is 6.07 Å². The van der Waals surface area contributed by atoms with Crippen LogP contribution in [0.4, 0.5) is 10.5 Å². The summed E-state index contributed by atoms with van der Waals surface area (Å²) in [6.07, 6.45) is 1.90. The summed E-state index contributed by atoms with van der Waals surface area (Å²) in [5.74, 6) is 0. The summed E-state index contributed by atoms with van der Waals surface area (Å²) in [5, 5.41) is 14.2. The molecule has 0 saturated carbocycles. The maximum atomic E-state index is 10.7. The molecule has 0 unspecified atom stereocenters. The average molecular weight is 242 g/mol. The maximum absolute atomic E-state index is 10.7. The van der Waals surface area contributed by atoms with Crippen molar-refractivity contribution in [1.29, 1.82) is 0 Å². The fourth-order valence-electron chi connectivity index (χ4n) is 1.07. The first-order chi connectivity index (χ1) is 7.54. The highest BCUT2D eigenvalue weighted by Gasteiger charge is 2.16. The molecule has 1 aromatic heterocycles. The largest absolute Gasteiger partial charge is 0.350 e. The smallest absolute Gasteiger partial charge is 0.332 e. The number of carbonyl (C=O) groups is 1. The number of nitrogens with zero attached hydrogens (tertiary/aromatic N) is 2. The molecule has 0 aliphatic rings. The first-order valence-electron chi connectivity index (χ1n) is 4.40. The van der Waals surface area contributed by atoms with Crippen LogP contribution in [0, 0.1) is 10.1 Å². The Labute approximate surface area is 95.1 Å². The highest BCUT2D eigenvalue weighted by atomic mass is 32.1. The van der Waals surface area contributed by atoms with Gasteiger partial charge in [0.05, 0.1) is 20.9 Å². The van der Waals surface area contributed by atoms with Crippen molar-refractivity contribution in [3.05, 3.63) is 25.9 Å². The summed E-state index contributed by atoms with van der Waals surface area (Å²) in [4.78, 5) is 21.8. The highest BCUT2D eigenvalue weighted by Crippen LogP contribution is 2.28. The molecular weight excluding hydrogens is 232 g/mol. The lowest BCUT2D eigenvalue weighted by molar-refractivity contribution is -0.385.